The number of hydrogen-bond acceptors (Lipinski definition) is 2. The molecule has 2 heteroatoms. The van der Waals surface area contributed by atoms with Crippen molar-refractivity contribution in [2.45, 2.75) is 6.04 Å². The van der Waals surface area contributed by atoms with Crippen LogP contribution in [0.5, 0.6) is 0 Å². The first-order valence-electron chi connectivity index (χ1n) is 2.46. The Morgan fingerprint density at radius 3 is 2.29 bits per heavy atom. The summed E-state index contributed by atoms with van der Waals surface area (Å²) >= 11 is 0. The minimum atomic E-state index is 0.338. The van der Waals surface area contributed by atoms with E-state index < -0.39 is 0 Å². The Labute approximate surface area is 45.3 Å². The summed E-state index contributed by atoms with van der Waals surface area (Å²) in [6.07, 6.45) is 0. The Morgan fingerprint density at radius 1 is 1.57 bits per heavy atom. The summed E-state index contributed by atoms with van der Waals surface area (Å²) in [5, 5.41) is 5.99. The monoisotopic (exact) mass is 101 g/mol. The lowest BCUT2D eigenvalue weighted by molar-refractivity contribution is 0.616. The average molecular weight is 101 g/mol. The maximum absolute atomic E-state index is 3.77. The van der Waals surface area contributed by atoms with E-state index in [4.69, 9.17) is 0 Å². The first kappa shape index (κ1) is 6.92. The standard InChI is InChI=1S/C5H13N2/c1-5(7-3)4-6-2/h5-7H,1,4H2,2-3H3. The zero-order chi connectivity index (χ0) is 5.70. The molecule has 0 spiro atoms. The van der Waals surface area contributed by atoms with Crippen LogP contribution in [0, 0.1) is 6.92 Å². The number of hydrogen-bond donors (Lipinski definition) is 2. The quantitative estimate of drug-likeness (QED) is 0.507. The number of likely N-dealkylation sites (N-methyl/N-ethyl adjacent to an activating group) is 2. The first-order chi connectivity index (χ1) is 3.31. The lowest BCUT2D eigenvalue weighted by Gasteiger charge is -2.06. The van der Waals surface area contributed by atoms with Gasteiger partial charge in [0.1, 0.15) is 0 Å². The highest BCUT2D eigenvalue weighted by Gasteiger charge is 1.90. The van der Waals surface area contributed by atoms with E-state index in [2.05, 4.69) is 17.6 Å². The fourth-order valence-electron chi connectivity index (χ4n) is 0.348. The van der Waals surface area contributed by atoms with Crippen molar-refractivity contribution in [1.29, 1.82) is 0 Å². The van der Waals surface area contributed by atoms with E-state index in [1.54, 1.807) is 0 Å². The van der Waals surface area contributed by atoms with Gasteiger partial charge in [-0.3, -0.25) is 0 Å². The third-order valence-electron chi connectivity index (χ3n) is 0.859. The third-order valence-corrected chi connectivity index (χ3v) is 0.859. The van der Waals surface area contributed by atoms with Gasteiger partial charge in [-0.05, 0) is 21.0 Å². The molecular formula is C5H13N2. The van der Waals surface area contributed by atoms with Crippen LogP contribution in [-0.4, -0.2) is 26.7 Å². The molecule has 2 N–H and O–H groups in total. The van der Waals surface area contributed by atoms with Gasteiger partial charge in [0.2, 0.25) is 0 Å². The van der Waals surface area contributed by atoms with Crippen molar-refractivity contribution in [3.8, 4) is 0 Å². The second-order valence-electron chi connectivity index (χ2n) is 1.54. The SMILES string of the molecule is [CH2]C(CNC)NC. The minimum Gasteiger partial charge on any atom is -0.318 e. The maximum atomic E-state index is 3.77. The van der Waals surface area contributed by atoms with E-state index in [-0.39, 0.29) is 0 Å². The van der Waals surface area contributed by atoms with E-state index >= 15 is 0 Å². The van der Waals surface area contributed by atoms with Crippen LogP contribution in [-0.2, 0) is 0 Å². The van der Waals surface area contributed by atoms with Crippen molar-refractivity contribution in [2.75, 3.05) is 20.6 Å². The molecule has 0 rings (SSSR count). The fourth-order valence-corrected chi connectivity index (χ4v) is 0.348. The second-order valence-corrected chi connectivity index (χ2v) is 1.54. The maximum Gasteiger partial charge on any atom is 0.0189 e. The van der Waals surface area contributed by atoms with Gasteiger partial charge < -0.3 is 10.6 Å². The molecule has 0 bridgehead atoms. The molecule has 0 aromatic rings. The van der Waals surface area contributed by atoms with Crippen LogP contribution in [0.1, 0.15) is 0 Å². The molecule has 0 aromatic heterocycles. The largest absolute Gasteiger partial charge is 0.318 e. The summed E-state index contributed by atoms with van der Waals surface area (Å²) in [7, 11) is 3.81. The Bertz CT molecular complexity index is 37.1. The summed E-state index contributed by atoms with van der Waals surface area (Å²) < 4.78 is 0. The van der Waals surface area contributed by atoms with Crippen molar-refractivity contribution < 1.29 is 0 Å². The molecule has 0 aliphatic heterocycles. The molecule has 0 fully saturated rings. The van der Waals surface area contributed by atoms with Gasteiger partial charge in [-0.25, -0.2) is 0 Å². The minimum absolute atomic E-state index is 0.338. The molecule has 1 unspecified atom stereocenters. The molecule has 0 aliphatic carbocycles. The fraction of sp³-hybridized carbons (Fsp3) is 0.800. The Kier molecular flexibility index (Phi) is 4.04. The van der Waals surface area contributed by atoms with Gasteiger partial charge in [-0.1, -0.05) is 0 Å². The van der Waals surface area contributed by atoms with Gasteiger partial charge in [0.05, 0.1) is 0 Å². The lowest BCUT2D eigenvalue weighted by atomic mass is 10.3. The molecule has 0 aliphatic rings. The highest BCUT2D eigenvalue weighted by molar-refractivity contribution is 4.66. The number of rotatable bonds is 3. The van der Waals surface area contributed by atoms with E-state index in [1.807, 2.05) is 14.1 Å². The van der Waals surface area contributed by atoms with Crippen molar-refractivity contribution in [2.24, 2.45) is 0 Å². The van der Waals surface area contributed by atoms with Crippen molar-refractivity contribution >= 4 is 0 Å². The summed E-state index contributed by atoms with van der Waals surface area (Å²) in [5.74, 6) is 0. The summed E-state index contributed by atoms with van der Waals surface area (Å²) in [5.41, 5.74) is 0. The molecule has 1 radical (unpaired) electrons. The molecular weight excluding hydrogens is 88.1 g/mol. The second kappa shape index (κ2) is 4.09. The van der Waals surface area contributed by atoms with Crippen LogP contribution >= 0.6 is 0 Å². The van der Waals surface area contributed by atoms with Gasteiger partial charge in [0.25, 0.3) is 0 Å². The van der Waals surface area contributed by atoms with Crippen LogP contribution in [0.3, 0.4) is 0 Å². The van der Waals surface area contributed by atoms with Crippen LogP contribution < -0.4 is 10.6 Å². The van der Waals surface area contributed by atoms with Gasteiger partial charge in [-0.15, -0.1) is 0 Å². The summed E-state index contributed by atoms with van der Waals surface area (Å²) in [6, 6.07) is 0.338. The lowest BCUT2D eigenvalue weighted by Crippen LogP contribution is -2.32. The Hall–Kier alpha value is -0.0800. The highest BCUT2D eigenvalue weighted by atomic mass is 14.9. The van der Waals surface area contributed by atoms with Crippen LogP contribution in [0.25, 0.3) is 0 Å². The van der Waals surface area contributed by atoms with E-state index in [0.29, 0.717) is 6.04 Å². The first-order valence-corrected chi connectivity index (χ1v) is 2.46. The topological polar surface area (TPSA) is 24.1 Å². The molecule has 1 atom stereocenters. The Morgan fingerprint density at radius 2 is 2.14 bits per heavy atom. The molecule has 0 saturated carbocycles. The van der Waals surface area contributed by atoms with Crippen LogP contribution in [0.2, 0.25) is 0 Å². The zero-order valence-corrected chi connectivity index (χ0v) is 4.99. The Balaban J connectivity index is 2.83. The van der Waals surface area contributed by atoms with E-state index in [0.717, 1.165) is 6.54 Å². The summed E-state index contributed by atoms with van der Waals surface area (Å²) in [6.45, 7) is 4.70. The van der Waals surface area contributed by atoms with E-state index in [9.17, 15) is 0 Å². The molecule has 2 nitrogen and oxygen atoms in total. The van der Waals surface area contributed by atoms with Gasteiger partial charge in [0.15, 0.2) is 0 Å². The zero-order valence-electron chi connectivity index (χ0n) is 4.99. The van der Waals surface area contributed by atoms with Gasteiger partial charge >= 0.3 is 0 Å². The third kappa shape index (κ3) is 3.76. The normalized spacial score (nSPS) is 14.1. The predicted molar refractivity (Wildman–Crippen MR) is 32.1 cm³/mol. The molecule has 0 heterocycles. The van der Waals surface area contributed by atoms with Crippen molar-refractivity contribution in [1.82, 2.24) is 10.6 Å². The number of nitrogens with one attached hydrogen (secondary N) is 2. The van der Waals surface area contributed by atoms with Gasteiger partial charge in [0, 0.05) is 12.6 Å². The highest BCUT2D eigenvalue weighted by Crippen LogP contribution is 1.69. The van der Waals surface area contributed by atoms with Crippen LogP contribution in [0.4, 0.5) is 0 Å². The van der Waals surface area contributed by atoms with Crippen molar-refractivity contribution in [3.63, 3.8) is 0 Å². The molecule has 43 valence electrons. The molecule has 7 heavy (non-hydrogen) atoms. The summed E-state index contributed by atoms with van der Waals surface area (Å²) in [4.78, 5) is 0. The molecule has 0 amide bonds. The average Bonchev–Trinajstić information content (AvgIpc) is 1.68. The molecule has 0 aromatic carbocycles. The van der Waals surface area contributed by atoms with E-state index in [1.165, 1.54) is 0 Å². The van der Waals surface area contributed by atoms with Crippen molar-refractivity contribution in [3.05, 3.63) is 6.92 Å². The predicted octanol–water partition coefficient (Wildman–Crippen LogP) is -0.372. The molecule has 0 saturated heterocycles. The van der Waals surface area contributed by atoms with Gasteiger partial charge in [-0.2, -0.15) is 0 Å². The smallest absolute Gasteiger partial charge is 0.0189 e. The van der Waals surface area contributed by atoms with Crippen LogP contribution in [0.15, 0.2) is 0 Å².